The molecule has 0 aliphatic rings. The molecule has 0 aliphatic carbocycles. The molecule has 0 heterocycles. The third-order valence-corrected chi connectivity index (χ3v) is 1.68. The van der Waals surface area contributed by atoms with Gasteiger partial charge in [0.1, 0.15) is 0 Å². The second-order valence-electron chi connectivity index (χ2n) is 0.804. The van der Waals surface area contributed by atoms with E-state index in [0.29, 0.717) is 13.3 Å². The average Bonchev–Trinajstić information content (AvgIpc) is 1.69. The molecule has 0 nitrogen and oxygen atoms in total. The summed E-state index contributed by atoms with van der Waals surface area (Å²) in [6.07, 6.45) is 1.36. The second-order valence-corrected chi connectivity index (χ2v) is 18.5. The van der Waals surface area contributed by atoms with Crippen LogP contribution in [0, 0.1) is 0 Å². The van der Waals surface area contributed by atoms with Crippen LogP contribution in [0.5, 0.6) is 0 Å². The van der Waals surface area contributed by atoms with E-state index in [1.165, 1.54) is 10.9 Å². The van der Waals surface area contributed by atoms with Crippen LogP contribution in [-0.2, 0) is 0 Å². The van der Waals surface area contributed by atoms with E-state index in [-0.39, 0.29) is 0 Å². The van der Waals surface area contributed by atoms with Crippen LogP contribution in [0.15, 0.2) is 0 Å². The molecule has 0 fully saturated rings. The van der Waals surface area contributed by atoms with Crippen LogP contribution in [-0.4, -0.2) is 22.5 Å². The van der Waals surface area contributed by atoms with Gasteiger partial charge in [0.2, 0.25) is 0 Å². The molecule has 0 unspecified atom stereocenters. The average molecular weight is 543 g/mol. The van der Waals surface area contributed by atoms with Gasteiger partial charge in [-0.15, -0.1) is 0 Å². The molecule has 0 aromatic carbocycles. The Morgan fingerprint density at radius 1 is 1.57 bits per heavy atom. The summed E-state index contributed by atoms with van der Waals surface area (Å²) in [7, 11) is 0. The van der Waals surface area contributed by atoms with Gasteiger partial charge in [-0.2, -0.15) is 0 Å². The van der Waals surface area contributed by atoms with Gasteiger partial charge in [-0.05, 0) is 0 Å². The Balaban J connectivity index is 0. The van der Waals surface area contributed by atoms with Gasteiger partial charge in [0.05, 0.1) is 0 Å². The molecule has 0 saturated heterocycles. The fourth-order valence-corrected chi connectivity index (χ4v) is 0. The predicted molar refractivity (Wildman–Crippen MR) is 48.9 cm³/mol. The van der Waals surface area contributed by atoms with Gasteiger partial charge in [0.25, 0.3) is 0 Å². The van der Waals surface area contributed by atoms with Crippen molar-refractivity contribution < 1.29 is 13.3 Å². The Morgan fingerprint density at radius 2 is 1.71 bits per heavy atom. The molecule has 0 saturated carbocycles. The summed E-state index contributed by atoms with van der Waals surface area (Å²) in [6, 6.07) is 0. The van der Waals surface area contributed by atoms with Gasteiger partial charge in [-0.3, -0.25) is 0 Å². The molecule has 3 radical (unpaired) electrons. The van der Waals surface area contributed by atoms with Gasteiger partial charge < -0.3 is 0 Å². The summed E-state index contributed by atoms with van der Waals surface area (Å²) in [5, 5.41) is 0. The summed E-state index contributed by atoms with van der Waals surface area (Å²) in [5.74, 6) is 0. The Labute approximate surface area is 88.7 Å². The monoisotopic (exact) mass is 544 g/mol. The standard InChI is InChI=1S/C3H7.I3.Sn/c2*1-3-2;/h1,3H2,2H3;;/q;-1;. The first kappa shape index (κ1) is 12.6. The van der Waals surface area contributed by atoms with Crippen molar-refractivity contribution in [1.29, 1.82) is 0 Å². The zero-order chi connectivity index (χ0) is 6.12. The summed E-state index contributed by atoms with van der Waals surface area (Å²) >= 11 is 6.97. The first-order valence-electron chi connectivity index (χ1n) is 1.85. The molecular formula is C3H7I3Sn-. The van der Waals surface area contributed by atoms with Crippen molar-refractivity contribution in [1.82, 2.24) is 0 Å². The summed E-state index contributed by atoms with van der Waals surface area (Å²) in [4.78, 5) is 0. The van der Waals surface area contributed by atoms with E-state index < -0.39 is 0 Å². The minimum atomic E-state index is 0.530. The van der Waals surface area contributed by atoms with Crippen molar-refractivity contribution in [3.05, 3.63) is 0 Å². The van der Waals surface area contributed by atoms with Gasteiger partial charge in [-0.25, -0.2) is 0 Å². The van der Waals surface area contributed by atoms with E-state index in [1.54, 1.807) is 22.5 Å². The van der Waals surface area contributed by atoms with Crippen molar-refractivity contribution in [2.75, 3.05) is 0 Å². The molecule has 0 bridgehead atoms. The van der Waals surface area contributed by atoms with Crippen LogP contribution in [0.25, 0.3) is 0 Å². The Bertz CT molecular complexity index is 17.7. The Kier molecular flexibility index (Phi) is 28.9. The van der Waals surface area contributed by atoms with E-state index in [9.17, 15) is 0 Å². The van der Waals surface area contributed by atoms with Crippen molar-refractivity contribution in [2.45, 2.75) is 17.8 Å². The molecule has 0 N–H and O–H groups in total. The van der Waals surface area contributed by atoms with Gasteiger partial charge in [0.15, 0.2) is 0 Å². The molecular weight excluding hydrogens is 535 g/mol. The topological polar surface area (TPSA) is 0 Å². The van der Waals surface area contributed by atoms with Crippen molar-refractivity contribution in [3.63, 3.8) is 0 Å². The summed E-state index contributed by atoms with van der Waals surface area (Å²) in [6.45, 7) is 2.20. The molecule has 0 rings (SSSR count). The van der Waals surface area contributed by atoms with Crippen LogP contribution in [0.4, 0.5) is 0 Å². The van der Waals surface area contributed by atoms with Gasteiger partial charge in [0, 0.05) is 0 Å². The van der Waals surface area contributed by atoms with E-state index in [4.69, 9.17) is 0 Å². The molecule has 7 heavy (non-hydrogen) atoms. The molecule has 0 amide bonds. The Hall–Kier alpha value is 2.99. The predicted octanol–water partition coefficient (Wildman–Crippen LogP) is -0.241. The maximum atomic E-state index is 2.39. The van der Waals surface area contributed by atoms with Crippen molar-refractivity contribution in [3.8, 4) is 0 Å². The summed E-state index contributed by atoms with van der Waals surface area (Å²) in [5.41, 5.74) is 0. The quantitative estimate of drug-likeness (QED) is 0.317. The van der Waals surface area contributed by atoms with Crippen LogP contribution in [0.2, 0.25) is 4.44 Å². The third kappa shape index (κ3) is 27.6. The normalized spacial score (nSPS) is 7.43. The fraction of sp³-hybridized carbons (Fsp3) is 1.00. The first-order valence-corrected chi connectivity index (χ1v) is 16.4. The van der Waals surface area contributed by atoms with Crippen LogP contribution in [0.1, 0.15) is 13.3 Å². The molecule has 0 aromatic rings. The van der Waals surface area contributed by atoms with Crippen LogP contribution in [0.3, 0.4) is 0 Å². The molecule has 0 aromatic heterocycles. The van der Waals surface area contributed by atoms with E-state index in [1.807, 2.05) is 0 Å². The van der Waals surface area contributed by atoms with Crippen LogP contribution < -0.4 is 13.3 Å². The summed E-state index contributed by atoms with van der Waals surface area (Å²) < 4.78 is 1.41. The second kappa shape index (κ2) is 16.0. The zero-order valence-electron chi connectivity index (χ0n) is 4.05. The van der Waals surface area contributed by atoms with Crippen LogP contribution >= 0.6 is 37.2 Å². The SMILES string of the molecule is CC[CH2][Sn].I[I-]I. The van der Waals surface area contributed by atoms with Crippen molar-refractivity contribution >= 4 is 59.8 Å². The van der Waals surface area contributed by atoms with Gasteiger partial charge >= 0.3 is 90.8 Å². The molecule has 4 heteroatoms. The molecule has 0 atom stereocenters. The first-order chi connectivity index (χ1) is 3.33. The maximum absolute atomic E-state index is 2.39. The molecule has 45 valence electrons. The molecule has 0 aliphatic heterocycles. The minimum absolute atomic E-state index is 0.530. The number of halogens is 3. The zero-order valence-corrected chi connectivity index (χ0v) is 13.4. The number of hydrogen-bond donors (Lipinski definition) is 0. The fourth-order valence-electron chi connectivity index (χ4n) is 0. The number of rotatable bonds is 1. The van der Waals surface area contributed by atoms with E-state index in [2.05, 4.69) is 44.2 Å². The third-order valence-electron chi connectivity index (χ3n) is 0.250. The molecule has 0 spiro atoms. The van der Waals surface area contributed by atoms with E-state index in [0.717, 1.165) is 0 Å². The Morgan fingerprint density at radius 3 is 1.71 bits per heavy atom. The van der Waals surface area contributed by atoms with Gasteiger partial charge in [-0.1, -0.05) is 0 Å². The van der Waals surface area contributed by atoms with E-state index >= 15 is 0 Å². The number of hydrogen-bond acceptors (Lipinski definition) is 0. The van der Waals surface area contributed by atoms with Crippen molar-refractivity contribution in [2.24, 2.45) is 0 Å².